The average Bonchev–Trinajstić information content (AvgIpc) is 2.81. The molecule has 0 radical (unpaired) electrons. The van der Waals surface area contributed by atoms with Crippen molar-refractivity contribution in [2.45, 2.75) is 38.3 Å². The fraction of sp³-hybridized carbons (Fsp3) is 0.875. The fourth-order valence-corrected chi connectivity index (χ4v) is 5.23. The molecule has 0 spiro atoms. The maximum Gasteiger partial charge on any atom is 0.151 e. The van der Waals surface area contributed by atoms with Crippen LogP contribution in [0.15, 0.2) is 12.7 Å². The molecule has 128 valence electrons. The molecule has 0 aliphatic carbocycles. The summed E-state index contributed by atoms with van der Waals surface area (Å²) < 4.78 is 23.3. The predicted octanol–water partition coefficient (Wildman–Crippen LogP) is 0.754. The van der Waals surface area contributed by atoms with Crippen molar-refractivity contribution < 1.29 is 13.5 Å². The predicted molar refractivity (Wildman–Crippen MR) is 89.7 cm³/mol. The second kappa shape index (κ2) is 7.90. The molecule has 1 N–H and O–H groups in total. The Morgan fingerprint density at radius 3 is 2.59 bits per heavy atom. The summed E-state index contributed by atoms with van der Waals surface area (Å²) in [4.78, 5) is 4.40. The van der Waals surface area contributed by atoms with Crippen molar-refractivity contribution in [2.75, 3.05) is 44.2 Å². The van der Waals surface area contributed by atoms with Crippen LogP contribution < -0.4 is 0 Å². The van der Waals surface area contributed by atoms with Gasteiger partial charge in [0.15, 0.2) is 9.84 Å². The van der Waals surface area contributed by atoms with Crippen LogP contribution >= 0.6 is 0 Å². The maximum absolute atomic E-state index is 11.7. The summed E-state index contributed by atoms with van der Waals surface area (Å²) in [6.07, 6.45) is 4.43. The molecule has 5 nitrogen and oxygen atoms in total. The van der Waals surface area contributed by atoms with Gasteiger partial charge in [-0.2, -0.15) is 0 Å². The zero-order chi connectivity index (χ0) is 16.2. The fourth-order valence-electron chi connectivity index (χ4n) is 3.47. The standard InChI is InChI=1S/C16H30N2O3S/c1-3-7-18(15-6-10-22(20,21)13-15)12-16(19)11-17-8-4-14(2)5-9-17/h3,14-16,19H,1,4-13H2,2H3. The smallest absolute Gasteiger partial charge is 0.151 e. The van der Waals surface area contributed by atoms with Crippen molar-refractivity contribution in [3.63, 3.8) is 0 Å². The summed E-state index contributed by atoms with van der Waals surface area (Å²) in [7, 11) is -2.90. The molecule has 2 saturated heterocycles. The van der Waals surface area contributed by atoms with Gasteiger partial charge in [0.05, 0.1) is 17.6 Å². The highest BCUT2D eigenvalue weighted by molar-refractivity contribution is 7.91. The van der Waals surface area contributed by atoms with Crippen LogP contribution in [0.1, 0.15) is 26.2 Å². The molecule has 22 heavy (non-hydrogen) atoms. The highest BCUT2D eigenvalue weighted by Crippen LogP contribution is 2.19. The first-order chi connectivity index (χ1) is 10.4. The molecule has 2 aliphatic rings. The molecule has 2 atom stereocenters. The van der Waals surface area contributed by atoms with E-state index in [0.29, 0.717) is 26.1 Å². The summed E-state index contributed by atoms with van der Waals surface area (Å²) in [5, 5.41) is 10.4. The van der Waals surface area contributed by atoms with Crippen LogP contribution in [0, 0.1) is 5.92 Å². The Hall–Kier alpha value is -0.430. The zero-order valence-electron chi connectivity index (χ0n) is 13.7. The van der Waals surface area contributed by atoms with E-state index in [4.69, 9.17) is 0 Å². The topological polar surface area (TPSA) is 60.9 Å². The largest absolute Gasteiger partial charge is 0.390 e. The number of hydrogen-bond donors (Lipinski definition) is 1. The summed E-state index contributed by atoms with van der Waals surface area (Å²) in [5.74, 6) is 1.27. The van der Waals surface area contributed by atoms with Gasteiger partial charge in [0.25, 0.3) is 0 Å². The minimum Gasteiger partial charge on any atom is -0.390 e. The molecule has 0 aromatic heterocycles. The second-order valence-electron chi connectivity index (χ2n) is 6.94. The quantitative estimate of drug-likeness (QED) is 0.698. The number of piperidine rings is 1. The van der Waals surface area contributed by atoms with Gasteiger partial charge in [-0.3, -0.25) is 4.90 Å². The first-order valence-electron chi connectivity index (χ1n) is 8.35. The minimum atomic E-state index is -2.90. The van der Waals surface area contributed by atoms with Crippen LogP contribution in [0.3, 0.4) is 0 Å². The first-order valence-corrected chi connectivity index (χ1v) is 10.2. The third-order valence-electron chi connectivity index (χ3n) is 4.88. The molecule has 0 saturated carbocycles. The van der Waals surface area contributed by atoms with Gasteiger partial charge >= 0.3 is 0 Å². The summed E-state index contributed by atoms with van der Waals surface area (Å²) >= 11 is 0. The molecular weight excluding hydrogens is 300 g/mol. The third-order valence-corrected chi connectivity index (χ3v) is 6.63. The number of aliphatic hydroxyl groups excluding tert-OH is 1. The lowest BCUT2D eigenvalue weighted by atomic mass is 9.99. The highest BCUT2D eigenvalue weighted by atomic mass is 32.2. The molecule has 0 aromatic rings. The van der Waals surface area contributed by atoms with Crippen molar-refractivity contribution in [3.8, 4) is 0 Å². The van der Waals surface area contributed by atoms with Crippen LogP contribution in [0.25, 0.3) is 0 Å². The second-order valence-corrected chi connectivity index (χ2v) is 9.17. The van der Waals surface area contributed by atoms with Crippen molar-refractivity contribution in [3.05, 3.63) is 12.7 Å². The summed E-state index contributed by atoms with van der Waals surface area (Å²) in [6.45, 7) is 9.98. The van der Waals surface area contributed by atoms with Gasteiger partial charge in [-0.25, -0.2) is 8.42 Å². The van der Waals surface area contributed by atoms with E-state index in [1.165, 1.54) is 12.8 Å². The average molecular weight is 330 g/mol. The van der Waals surface area contributed by atoms with E-state index in [0.717, 1.165) is 19.0 Å². The van der Waals surface area contributed by atoms with Gasteiger partial charge in [0, 0.05) is 25.7 Å². The number of likely N-dealkylation sites (tertiary alicyclic amines) is 1. The monoisotopic (exact) mass is 330 g/mol. The number of sulfone groups is 1. The van der Waals surface area contributed by atoms with Crippen LogP contribution in [0.2, 0.25) is 0 Å². The van der Waals surface area contributed by atoms with Crippen LogP contribution in [-0.4, -0.2) is 79.7 Å². The van der Waals surface area contributed by atoms with Gasteiger partial charge < -0.3 is 10.0 Å². The number of hydrogen-bond acceptors (Lipinski definition) is 5. The molecule has 2 rings (SSSR count). The Balaban J connectivity index is 1.83. The summed E-state index contributed by atoms with van der Waals surface area (Å²) in [6, 6.07) is 0.0269. The van der Waals surface area contributed by atoms with Crippen molar-refractivity contribution >= 4 is 9.84 Å². The van der Waals surface area contributed by atoms with Crippen LogP contribution in [0.5, 0.6) is 0 Å². The Kier molecular flexibility index (Phi) is 6.44. The van der Waals surface area contributed by atoms with Crippen LogP contribution in [-0.2, 0) is 9.84 Å². The molecule has 0 bridgehead atoms. The Morgan fingerprint density at radius 1 is 1.36 bits per heavy atom. The van der Waals surface area contributed by atoms with Gasteiger partial charge in [-0.15, -0.1) is 6.58 Å². The molecule has 0 aromatic carbocycles. The third kappa shape index (κ3) is 5.33. The van der Waals surface area contributed by atoms with Gasteiger partial charge in [-0.1, -0.05) is 13.0 Å². The summed E-state index contributed by atoms with van der Waals surface area (Å²) in [5.41, 5.74) is 0. The molecular formula is C16H30N2O3S. The van der Waals surface area contributed by atoms with Gasteiger partial charge in [-0.05, 0) is 38.3 Å². The van der Waals surface area contributed by atoms with Gasteiger partial charge in [0.1, 0.15) is 0 Å². The van der Waals surface area contributed by atoms with E-state index in [9.17, 15) is 13.5 Å². The van der Waals surface area contributed by atoms with E-state index in [-0.39, 0.29) is 17.5 Å². The lowest BCUT2D eigenvalue weighted by Gasteiger charge is -2.34. The van der Waals surface area contributed by atoms with Crippen molar-refractivity contribution in [2.24, 2.45) is 5.92 Å². The Morgan fingerprint density at radius 2 is 2.05 bits per heavy atom. The van der Waals surface area contributed by atoms with E-state index in [1.54, 1.807) is 6.08 Å². The van der Waals surface area contributed by atoms with E-state index >= 15 is 0 Å². The molecule has 6 heteroatoms. The lowest BCUT2D eigenvalue weighted by molar-refractivity contribution is 0.0550. The van der Waals surface area contributed by atoms with E-state index < -0.39 is 15.9 Å². The first kappa shape index (κ1) is 17.9. The van der Waals surface area contributed by atoms with Crippen molar-refractivity contribution in [1.29, 1.82) is 0 Å². The van der Waals surface area contributed by atoms with Gasteiger partial charge in [0.2, 0.25) is 0 Å². The Bertz CT molecular complexity index is 458. The molecule has 2 heterocycles. The number of rotatable bonds is 7. The SMILES string of the molecule is C=CCN(CC(O)CN1CCC(C)CC1)C1CCS(=O)(=O)C1. The minimum absolute atomic E-state index is 0.0269. The highest BCUT2D eigenvalue weighted by Gasteiger charge is 2.32. The number of nitrogens with zero attached hydrogens (tertiary/aromatic N) is 2. The molecule has 2 fully saturated rings. The number of aliphatic hydroxyl groups is 1. The molecule has 2 aliphatic heterocycles. The maximum atomic E-state index is 11.7. The van der Waals surface area contributed by atoms with E-state index in [2.05, 4.69) is 23.3 Å². The zero-order valence-corrected chi connectivity index (χ0v) is 14.5. The Labute approximate surface area is 134 Å². The van der Waals surface area contributed by atoms with Crippen molar-refractivity contribution in [1.82, 2.24) is 9.80 Å². The van der Waals surface area contributed by atoms with E-state index in [1.807, 2.05) is 0 Å². The molecule has 0 amide bonds. The lowest BCUT2D eigenvalue weighted by Crippen LogP contribution is -2.46. The molecule has 2 unspecified atom stereocenters. The normalized spacial score (nSPS) is 28.0. The number of β-amino-alcohol motifs (C(OH)–C–C–N with tert-alkyl or cyclic N) is 1. The van der Waals surface area contributed by atoms with Crippen LogP contribution in [0.4, 0.5) is 0 Å².